The van der Waals surface area contributed by atoms with Gasteiger partial charge in [-0.1, -0.05) is 6.07 Å². The molecule has 0 unspecified atom stereocenters. The lowest BCUT2D eigenvalue weighted by Crippen LogP contribution is -2.43. The lowest BCUT2D eigenvalue weighted by Gasteiger charge is -2.28. The molecule has 4 heterocycles. The summed E-state index contributed by atoms with van der Waals surface area (Å²) in [4.78, 5) is 19.0. The van der Waals surface area contributed by atoms with Gasteiger partial charge >= 0.3 is 6.36 Å². The summed E-state index contributed by atoms with van der Waals surface area (Å²) in [5.41, 5.74) is 1.20. The Morgan fingerprint density at radius 2 is 1.77 bits per heavy atom. The minimum Gasteiger partial charge on any atom is -0.406 e. The number of rotatable bonds is 8. The molecule has 3 aromatic heterocycles. The van der Waals surface area contributed by atoms with Crippen molar-refractivity contribution >= 4 is 33.2 Å². The highest BCUT2D eigenvalue weighted by Gasteiger charge is 2.31. The summed E-state index contributed by atoms with van der Waals surface area (Å²) in [7, 11) is -4.31. The summed E-state index contributed by atoms with van der Waals surface area (Å²) >= 11 is 0. The Morgan fingerprint density at radius 1 is 0.950 bits per heavy atom. The van der Waals surface area contributed by atoms with E-state index in [1.807, 2.05) is 6.07 Å². The zero-order valence-electron chi connectivity index (χ0n) is 20.8. The molecule has 1 fully saturated rings. The first-order valence-corrected chi connectivity index (χ1v) is 13.5. The summed E-state index contributed by atoms with van der Waals surface area (Å²) in [6, 6.07) is 10.7. The number of benzene rings is 1. The standard InChI is InChI=1S/C25H23F3N8O3S/c26-25(27,28)39-19-2-1-3-20(15-19)40(37,38)35-18-13-21(33-22(14-18)34-23-16-30-6-7-31-23)17-4-5-32-24(12-17)36-10-8-29-9-11-36/h1-7,12-16,29H,8-11H2,(H2,31,33,34,35). The molecule has 5 rings (SSSR count). The van der Waals surface area contributed by atoms with Gasteiger partial charge in [-0.15, -0.1) is 13.2 Å². The number of nitrogens with one attached hydrogen (secondary N) is 3. The smallest absolute Gasteiger partial charge is 0.406 e. The van der Waals surface area contributed by atoms with Crippen molar-refractivity contribution in [3.05, 3.63) is 73.3 Å². The molecule has 1 saturated heterocycles. The molecule has 0 atom stereocenters. The fourth-order valence-corrected chi connectivity index (χ4v) is 5.07. The van der Waals surface area contributed by atoms with Gasteiger partial charge in [0.15, 0.2) is 0 Å². The monoisotopic (exact) mass is 572 g/mol. The zero-order valence-corrected chi connectivity index (χ0v) is 21.6. The van der Waals surface area contributed by atoms with Gasteiger partial charge in [0.05, 0.1) is 22.5 Å². The molecule has 0 saturated carbocycles. The number of hydrogen-bond donors (Lipinski definition) is 3. The second-order valence-electron chi connectivity index (χ2n) is 8.61. The molecule has 0 radical (unpaired) electrons. The van der Waals surface area contributed by atoms with Crippen molar-refractivity contribution in [2.75, 3.05) is 41.1 Å². The van der Waals surface area contributed by atoms with Crippen LogP contribution in [0, 0.1) is 0 Å². The number of ether oxygens (including phenoxy) is 1. The van der Waals surface area contributed by atoms with Gasteiger partial charge in [-0.25, -0.2) is 23.4 Å². The predicted molar refractivity (Wildman–Crippen MR) is 142 cm³/mol. The minimum atomic E-state index is -4.97. The number of pyridine rings is 2. The maximum absolute atomic E-state index is 13.2. The number of anilines is 4. The summed E-state index contributed by atoms with van der Waals surface area (Å²) in [5.74, 6) is 0.712. The van der Waals surface area contributed by atoms with Crippen molar-refractivity contribution < 1.29 is 26.3 Å². The Morgan fingerprint density at radius 3 is 2.52 bits per heavy atom. The van der Waals surface area contributed by atoms with Crippen LogP contribution in [0.1, 0.15) is 0 Å². The van der Waals surface area contributed by atoms with Crippen LogP contribution in [0.5, 0.6) is 5.75 Å². The van der Waals surface area contributed by atoms with Crippen molar-refractivity contribution in [2.24, 2.45) is 0 Å². The molecule has 0 spiro atoms. The topological polar surface area (TPSA) is 134 Å². The van der Waals surface area contributed by atoms with Gasteiger partial charge in [-0.05, 0) is 30.3 Å². The number of aromatic nitrogens is 4. The Labute approximate surface area is 227 Å². The van der Waals surface area contributed by atoms with Gasteiger partial charge in [0.1, 0.15) is 23.2 Å². The molecule has 0 aliphatic carbocycles. The second-order valence-corrected chi connectivity index (χ2v) is 10.3. The highest BCUT2D eigenvalue weighted by Crippen LogP contribution is 2.30. The van der Waals surface area contributed by atoms with E-state index in [0.29, 0.717) is 17.1 Å². The van der Waals surface area contributed by atoms with Crippen LogP contribution in [0.4, 0.5) is 36.3 Å². The number of alkyl halides is 3. The Bertz CT molecular complexity index is 1580. The average molecular weight is 573 g/mol. The zero-order chi connectivity index (χ0) is 28.2. The number of sulfonamides is 1. The Hall–Kier alpha value is -4.50. The van der Waals surface area contributed by atoms with Crippen LogP contribution in [-0.2, 0) is 10.0 Å². The molecule has 0 bridgehead atoms. The van der Waals surface area contributed by atoms with Gasteiger partial charge in [-0.3, -0.25) is 9.71 Å². The summed E-state index contributed by atoms with van der Waals surface area (Å²) in [6.45, 7) is 3.20. The third-order valence-corrected chi connectivity index (χ3v) is 7.11. The molecule has 1 aliphatic heterocycles. The van der Waals surface area contributed by atoms with E-state index in [4.69, 9.17) is 0 Å². The van der Waals surface area contributed by atoms with E-state index in [1.165, 1.54) is 30.7 Å². The van der Waals surface area contributed by atoms with Gasteiger partial charge in [0, 0.05) is 62.5 Å². The fraction of sp³-hybridized carbons (Fsp3) is 0.200. The third kappa shape index (κ3) is 6.92. The number of nitrogens with zero attached hydrogens (tertiary/aromatic N) is 5. The van der Waals surface area contributed by atoms with E-state index < -0.39 is 27.0 Å². The van der Waals surface area contributed by atoms with E-state index >= 15 is 0 Å². The van der Waals surface area contributed by atoms with Gasteiger partial charge < -0.3 is 20.3 Å². The second kappa shape index (κ2) is 11.3. The van der Waals surface area contributed by atoms with Crippen molar-refractivity contribution in [1.29, 1.82) is 0 Å². The fourth-order valence-electron chi connectivity index (χ4n) is 3.99. The number of piperazine rings is 1. The molecule has 1 aliphatic rings. The van der Waals surface area contributed by atoms with Crippen molar-refractivity contribution in [1.82, 2.24) is 25.3 Å². The van der Waals surface area contributed by atoms with Crippen LogP contribution in [0.2, 0.25) is 0 Å². The molecule has 11 nitrogen and oxygen atoms in total. The third-order valence-electron chi connectivity index (χ3n) is 5.73. The van der Waals surface area contributed by atoms with Crippen molar-refractivity contribution in [3.63, 3.8) is 0 Å². The van der Waals surface area contributed by atoms with Gasteiger partial charge in [-0.2, -0.15) is 0 Å². The lowest BCUT2D eigenvalue weighted by molar-refractivity contribution is -0.274. The predicted octanol–water partition coefficient (Wildman–Crippen LogP) is 3.79. The SMILES string of the molecule is O=S(=O)(Nc1cc(Nc2cnccn2)nc(-c2ccnc(N3CCNCC3)c2)c1)c1cccc(OC(F)(F)F)c1. The molecule has 4 aromatic rings. The summed E-state index contributed by atoms with van der Waals surface area (Å²) in [5, 5.41) is 6.28. The molecular weight excluding hydrogens is 549 g/mol. The lowest BCUT2D eigenvalue weighted by atomic mass is 10.1. The van der Waals surface area contributed by atoms with Crippen LogP contribution in [0.25, 0.3) is 11.3 Å². The Kier molecular flexibility index (Phi) is 7.66. The molecule has 15 heteroatoms. The van der Waals surface area contributed by atoms with E-state index in [0.717, 1.165) is 56.3 Å². The molecular formula is C25H23F3N8O3S. The molecule has 40 heavy (non-hydrogen) atoms. The van der Waals surface area contributed by atoms with Crippen LogP contribution in [0.15, 0.2) is 78.2 Å². The number of halogens is 3. The van der Waals surface area contributed by atoms with Crippen molar-refractivity contribution in [3.8, 4) is 17.0 Å². The molecule has 1 aromatic carbocycles. The normalized spacial score (nSPS) is 14.0. The van der Waals surface area contributed by atoms with E-state index in [9.17, 15) is 21.6 Å². The largest absolute Gasteiger partial charge is 0.573 e. The highest BCUT2D eigenvalue weighted by molar-refractivity contribution is 7.92. The first-order chi connectivity index (χ1) is 19.1. The van der Waals surface area contributed by atoms with Crippen molar-refractivity contribution in [2.45, 2.75) is 11.3 Å². The minimum absolute atomic E-state index is 0.110. The van der Waals surface area contributed by atoms with Crippen LogP contribution < -0.4 is 25.0 Å². The maximum atomic E-state index is 13.2. The number of hydrogen-bond acceptors (Lipinski definition) is 10. The van der Waals surface area contributed by atoms with Gasteiger partial charge in [0.25, 0.3) is 10.0 Å². The summed E-state index contributed by atoms with van der Waals surface area (Å²) < 4.78 is 70.6. The molecule has 3 N–H and O–H groups in total. The first kappa shape index (κ1) is 27.1. The average Bonchev–Trinajstić information content (AvgIpc) is 2.93. The summed E-state index contributed by atoms with van der Waals surface area (Å²) in [6.07, 6.45) is 1.13. The van der Waals surface area contributed by atoms with E-state index in [2.05, 4.69) is 44.9 Å². The van der Waals surface area contributed by atoms with Gasteiger partial charge in [0.2, 0.25) is 0 Å². The molecule has 0 amide bonds. The highest BCUT2D eigenvalue weighted by atomic mass is 32.2. The van der Waals surface area contributed by atoms with Crippen LogP contribution in [0.3, 0.4) is 0 Å². The van der Waals surface area contributed by atoms with Crippen LogP contribution >= 0.6 is 0 Å². The first-order valence-electron chi connectivity index (χ1n) is 12.0. The van der Waals surface area contributed by atoms with E-state index in [-0.39, 0.29) is 11.5 Å². The molecule has 208 valence electrons. The van der Waals surface area contributed by atoms with E-state index in [1.54, 1.807) is 12.3 Å². The van der Waals surface area contributed by atoms with Crippen LogP contribution in [-0.4, -0.2) is 60.9 Å². The quantitative estimate of drug-likeness (QED) is 0.286. The Balaban J connectivity index is 1.50. The maximum Gasteiger partial charge on any atom is 0.573 e.